The Morgan fingerprint density at radius 1 is 1.00 bits per heavy atom. The highest BCUT2D eigenvalue weighted by atomic mass is 32.1. The number of thiazole rings is 1. The van der Waals surface area contributed by atoms with Crippen LogP contribution in [0.5, 0.6) is 0 Å². The van der Waals surface area contributed by atoms with Crippen LogP contribution in [-0.4, -0.2) is 11.5 Å². The topological polar surface area (TPSA) is 16.1 Å². The molecule has 3 heteroatoms. The van der Waals surface area contributed by atoms with Crippen LogP contribution in [-0.2, 0) is 0 Å². The van der Waals surface area contributed by atoms with E-state index in [0.717, 1.165) is 12.1 Å². The number of benzene rings is 2. The molecule has 20 heavy (non-hydrogen) atoms. The van der Waals surface area contributed by atoms with Crippen molar-refractivity contribution >= 4 is 27.2 Å². The summed E-state index contributed by atoms with van der Waals surface area (Å²) in [4.78, 5) is 7.35. The number of fused-ring (bicyclic) bond motifs is 1. The Bertz CT molecular complexity index is 687. The Morgan fingerprint density at radius 2 is 1.80 bits per heavy atom. The van der Waals surface area contributed by atoms with Gasteiger partial charge >= 0.3 is 0 Å². The fourth-order valence-electron chi connectivity index (χ4n) is 2.98. The third kappa shape index (κ3) is 1.98. The maximum Gasteiger partial charge on any atom is 0.116 e. The van der Waals surface area contributed by atoms with Crippen molar-refractivity contribution in [3.63, 3.8) is 0 Å². The molecule has 1 atom stereocenters. The molecule has 0 radical (unpaired) electrons. The van der Waals surface area contributed by atoms with E-state index in [1.807, 2.05) is 11.3 Å². The first-order valence-corrected chi connectivity index (χ1v) is 7.90. The highest BCUT2D eigenvalue weighted by Gasteiger charge is 2.28. The smallest absolute Gasteiger partial charge is 0.116 e. The quantitative estimate of drug-likeness (QED) is 0.680. The fourth-order valence-corrected chi connectivity index (χ4v) is 4.10. The van der Waals surface area contributed by atoms with E-state index in [1.165, 1.54) is 28.2 Å². The van der Waals surface area contributed by atoms with Crippen molar-refractivity contribution in [2.24, 2.45) is 0 Å². The first kappa shape index (κ1) is 11.9. The molecule has 2 aromatic carbocycles. The van der Waals surface area contributed by atoms with Gasteiger partial charge < -0.3 is 4.90 Å². The number of hydrogen-bond donors (Lipinski definition) is 0. The van der Waals surface area contributed by atoms with Gasteiger partial charge in [0.2, 0.25) is 0 Å². The van der Waals surface area contributed by atoms with Gasteiger partial charge in [-0.15, -0.1) is 11.3 Å². The van der Waals surface area contributed by atoms with Gasteiger partial charge in [0, 0.05) is 12.2 Å². The standard InChI is InChI=1S/C17H16N2S/c1-2-7-13(8-3-1)19-12-6-10-15(19)17-18-14-9-4-5-11-16(14)20-17/h1-5,7-9,11,15H,6,10,12H2. The van der Waals surface area contributed by atoms with E-state index in [0.29, 0.717) is 6.04 Å². The van der Waals surface area contributed by atoms with Crippen molar-refractivity contribution in [2.45, 2.75) is 18.9 Å². The Labute approximate surface area is 122 Å². The second kappa shape index (κ2) is 4.91. The monoisotopic (exact) mass is 280 g/mol. The third-order valence-corrected chi connectivity index (χ3v) is 5.07. The first-order chi connectivity index (χ1) is 9.92. The lowest BCUT2D eigenvalue weighted by Crippen LogP contribution is -2.22. The van der Waals surface area contributed by atoms with E-state index in [1.54, 1.807) is 0 Å². The summed E-state index contributed by atoms with van der Waals surface area (Å²) in [7, 11) is 0. The molecule has 0 bridgehead atoms. The molecular weight excluding hydrogens is 264 g/mol. The summed E-state index contributed by atoms with van der Waals surface area (Å²) in [6.45, 7) is 1.13. The van der Waals surface area contributed by atoms with E-state index in [9.17, 15) is 0 Å². The highest BCUT2D eigenvalue weighted by molar-refractivity contribution is 7.18. The van der Waals surface area contributed by atoms with Gasteiger partial charge in [-0.1, -0.05) is 30.3 Å². The van der Waals surface area contributed by atoms with Crippen LogP contribution in [0, 0.1) is 0 Å². The summed E-state index contributed by atoms with van der Waals surface area (Å²) in [5.41, 5.74) is 2.45. The van der Waals surface area contributed by atoms with Gasteiger partial charge in [-0.25, -0.2) is 4.98 Å². The molecule has 0 N–H and O–H groups in total. The zero-order valence-corrected chi connectivity index (χ0v) is 12.0. The van der Waals surface area contributed by atoms with E-state index >= 15 is 0 Å². The molecule has 4 rings (SSSR count). The molecule has 3 aromatic rings. The van der Waals surface area contributed by atoms with E-state index in [2.05, 4.69) is 59.5 Å². The Balaban J connectivity index is 1.73. The molecule has 1 unspecified atom stereocenters. The molecule has 2 heterocycles. The summed E-state index contributed by atoms with van der Waals surface area (Å²) in [5.74, 6) is 0. The second-order valence-electron chi connectivity index (χ2n) is 5.21. The zero-order valence-electron chi connectivity index (χ0n) is 11.2. The molecule has 0 amide bonds. The molecule has 1 aliphatic heterocycles. The van der Waals surface area contributed by atoms with Crippen molar-refractivity contribution in [1.82, 2.24) is 4.98 Å². The Hall–Kier alpha value is -1.87. The SMILES string of the molecule is c1ccc(N2CCCC2c2nc3ccccc3s2)cc1. The van der Waals surface area contributed by atoms with Gasteiger partial charge in [0.05, 0.1) is 16.3 Å². The summed E-state index contributed by atoms with van der Waals surface area (Å²) in [6, 6.07) is 19.6. The number of anilines is 1. The minimum absolute atomic E-state index is 0.440. The molecule has 0 aliphatic carbocycles. The van der Waals surface area contributed by atoms with Gasteiger partial charge in [-0.05, 0) is 37.1 Å². The molecule has 0 spiro atoms. The molecule has 1 saturated heterocycles. The van der Waals surface area contributed by atoms with Crippen LogP contribution in [0.3, 0.4) is 0 Å². The third-order valence-electron chi connectivity index (χ3n) is 3.94. The van der Waals surface area contributed by atoms with Crippen molar-refractivity contribution in [3.05, 3.63) is 59.6 Å². The predicted octanol–water partition coefficient (Wildman–Crippen LogP) is 4.64. The summed E-state index contributed by atoms with van der Waals surface area (Å²) in [5, 5.41) is 1.26. The molecule has 1 aromatic heterocycles. The van der Waals surface area contributed by atoms with Gasteiger partial charge in [-0.2, -0.15) is 0 Å². The average molecular weight is 280 g/mol. The molecule has 100 valence electrons. The lowest BCUT2D eigenvalue weighted by molar-refractivity contribution is 0.715. The van der Waals surface area contributed by atoms with Crippen LogP contribution in [0.25, 0.3) is 10.2 Å². The van der Waals surface area contributed by atoms with Gasteiger partial charge in [0.25, 0.3) is 0 Å². The van der Waals surface area contributed by atoms with E-state index in [4.69, 9.17) is 4.98 Å². The van der Waals surface area contributed by atoms with Crippen LogP contribution >= 0.6 is 11.3 Å². The maximum atomic E-state index is 4.85. The molecular formula is C17H16N2S. The zero-order chi connectivity index (χ0) is 13.4. The first-order valence-electron chi connectivity index (χ1n) is 7.09. The van der Waals surface area contributed by atoms with E-state index < -0.39 is 0 Å². The Kier molecular flexibility index (Phi) is 2.92. The second-order valence-corrected chi connectivity index (χ2v) is 6.27. The predicted molar refractivity (Wildman–Crippen MR) is 85.4 cm³/mol. The van der Waals surface area contributed by atoms with Crippen molar-refractivity contribution in [3.8, 4) is 0 Å². The van der Waals surface area contributed by atoms with Crippen molar-refractivity contribution < 1.29 is 0 Å². The largest absolute Gasteiger partial charge is 0.362 e. The molecule has 0 saturated carbocycles. The maximum absolute atomic E-state index is 4.85. The molecule has 1 aliphatic rings. The summed E-state index contributed by atoms with van der Waals surface area (Å²) in [6.07, 6.45) is 2.45. The van der Waals surface area contributed by atoms with Gasteiger partial charge in [-0.3, -0.25) is 0 Å². The fraction of sp³-hybridized carbons (Fsp3) is 0.235. The minimum atomic E-state index is 0.440. The number of para-hydroxylation sites is 2. The van der Waals surface area contributed by atoms with E-state index in [-0.39, 0.29) is 0 Å². The van der Waals surface area contributed by atoms with Crippen molar-refractivity contribution in [1.29, 1.82) is 0 Å². The minimum Gasteiger partial charge on any atom is -0.362 e. The normalized spacial score (nSPS) is 18.8. The lowest BCUT2D eigenvalue weighted by atomic mass is 10.2. The Morgan fingerprint density at radius 3 is 2.65 bits per heavy atom. The van der Waals surface area contributed by atoms with Crippen LogP contribution in [0.1, 0.15) is 23.9 Å². The van der Waals surface area contributed by atoms with Crippen LogP contribution in [0.2, 0.25) is 0 Å². The van der Waals surface area contributed by atoms with Crippen LogP contribution in [0.4, 0.5) is 5.69 Å². The lowest BCUT2D eigenvalue weighted by Gasteiger charge is -2.25. The molecule has 2 nitrogen and oxygen atoms in total. The number of rotatable bonds is 2. The summed E-state index contributed by atoms with van der Waals surface area (Å²) < 4.78 is 1.29. The number of nitrogens with zero attached hydrogens (tertiary/aromatic N) is 2. The highest BCUT2D eigenvalue weighted by Crippen LogP contribution is 2.38. The number of aromatic nitrogens is 1. The van der Waals surface area contributed by atoms with Gasteiger partial charge in [0.15, 0.2) is 0 Å². The van der Waals surface area contributed by atoms with Crippen LogP contribution < -0.4 is 4.90 Å². The summed E-state index contributed by atoms with van der Waals surface area (Å²) >= 11 is 1.84. The molecule has 1 fully saturated rings. The van der Waals surface area contributed by atoms with Gasteiger partial charge in [0.1, 0.15) is 5.01 Å². The average Bonchev–Trinajstić information content (AvgIpc) is 3.14. The van der Waals surface area contributed by atoms with Crippen molar-refractivity contribution in [2.75, 3.05) is 11.4 Å². The number of hydrogen-bond acceptors (Lipinski definition) is 3. The van der Waals surface area contributed by atoms with Crippen LogP contribution in [0.15, 0.2) is 54.6 Å².